The summed E-state index contributed by atoms with van der Waals surface area (Å²) in [6, 6.07) is 17.9. The van der Waals surface area contributed by atoms with Crippen LogP contribution < -0.4 is 5.32 Å². The Kier molecular flexibility index (Phi) is 5.20. The number of para-hydroxylation sites is 1. The number of fused-ring (bicyclic) bond motifs is 1. The number of phenolic OH excluding ortho intramolecular Hbond substituents is 1. The predicted octanol–water partition coefficient (Wildman–Crippen LogP) is 6.53. The highest BCUT2D eigenvalue weighted by molar-refractivity contribution is 7.10. The smallest absolute Gasteiger partial charge is 0.259 e. The van der Waals surface area contributed by atoms with Gasteiger partial charge in [0.1, 0.15) is 5.69 Å². The number of carbonyl (C=O) groups excluding carboxylic acids is 1. The molecule has 0 saturated heterocycles. The Hall–Kier alpha value is -4.09. The van der Waals surface area contributed by atoms with Crippen molar-refractivity contribution in [2.45, 2.75) is 6.92 Å². The summed E-state index contributed by atoms with van der Waals surface area (Å²) in [5.41, 5.74) is 1.75. The van der Waals surface area contributed by atoms with Crippen LogP contribution in [0.4, 0.5) is 22.1 Å². The molecule has 0 fully saturated rings. The van der Waals surface area contributed by atoms with Gasteiger partial charge < -0.3 is 10.4 Å². The molecular weight excluding hydrogens is 398 g/mol. The minimum absolute atomic E-state index is 0.0809. The van der Waals surface area contributed by atoms with Crippen molar-refractivity contribution in [1.82, 2.24) is 4.37 Å². The summed E-state index contributed by atoms with van der Waals surface area (Å²) in [7, 11) is 0. The van der Waals surface area contributed by atoms with E-state index in [9.17, 15) is 9.90 Å². The molecule has 0 bridgehead atoms. The number of hydrogen-bond donors (Lipinski definition) is 2. The van der Waals surface area contributed by atoms with E-state index in [1.165, 1.54) is 0 Å². The van der Waals surface area contributed by atoms with Crippen LogP contribution in [0.2, 0.25) is 0 Å². The Morgan fingerprint density at radius 2 is 1.87 bits per heavy atom. The summed E-state index contributed by atoms with van der Waals surface area (Å²) in [6.45, 7) is 9.01. The number of amides is 1. The molecule has 0 spiro atoms. The topological polar surface area (TPSA) is 91.3 Å². The second kappa shape index (κ2) is 8.11. The van der Waals surface area contributed by atoms with Gasteiger partial charge in [0.25, 0.3) is 5.91 Å². The molecule has 4 rings (SSSR count). The fraction of sp³-hybridized carbons (Fsp3) is 0.0455. The van der Waals surface area contributed by atoms with Gasteiger partial charge in [0.2, 0.25) is 5.69 Å². The van der Waals surface area contributed by atoms with E-state index in [0.717, 1.165) is 16.9 Å². The van der Waals surface area contributed by atoms with Gasteiger partial charge in [-0.25, -0.2) is 9.22 Å². The number of phenols is 1. The van der Waals surface area contributed by atoms with Crippen molar-refractivity contribution < 1.29 is 9.90 Å². The van der Waals surface area contributed by atoms with Gasteiger partial charge in [-0.15, -0.1) is 10.2 Å². The lowest BCUT2D eigenvalue weighted by atomic mass is 10.0. The molecule has 0 saturated carbocycles. The minimum atomic E-state index is -0.462. The molecule has 8 heteroatoms. The standard InChI is InChI=1S/C22H15N5O2S/c1-13-18(23-2)22(30-27-13)26-25-19-16-11-7-6-8-14(16)12-17(20(19)28)21(29)24-15-9-4-3-5-10-15/h3-12,28H,1H3,(H,24,29)/b26-25+. The number of aromatic nitrogens is 1. The van der Waals surface area contributed by atoms with Crippen LogP contribution in [-0.4, -0.2) is 15.4 Å². The highest BCUT2D eigenvalue weighted by atomic mass is 32.1. The third kappa shape index (κ3) is 3.62. The maximum absolute atomic E-state index is 12.8. The van der Waals surface area contributed by atoms with Crippen molar-refractivity contribution in [3.63, 3.8) is 0 Å². The molecule has 0 aliphatic rings. The van der Waals surface area contributed by atoms with E-state index < -0.39 is 5.91 Å². The second-order valence-electron chi connectivity index (χ2n) is 6.40. The Balaban J connectivity index is 1.80. The molecular formula is C22H15N5O2S. The predicted molar refractivity (Wildman–Crippen MR) is 117 cm³/mol. The maximum Gasteiger partial charge on any atom is 0.259 e. The third-order valence-electron chi connectivity index (χ3n) is 4.44. The number of carbonyl (C=O) groups is 1. The second-order valence-corrected chi connectivity index (χ2v) is 7.15. The van der Waals surface area contributed by atoms with E-state index >= 15 is 0 Å². The molecule has 4 aromatic rings. The Morgan fingerprint density at radius 1 is 1.13 bits per heavy atom. The lowest BCUT2D eigenvalue weighted by Crippen LogP contribution is -2.12. The summed E-state index contributed by atoms with van der Waals surface area (Å²) < 4.78 is 4.12. The number of nitrogens with zero attached hydrogens (tertiary/aromatic N) is 4. The quantitative estimate of drug-likeness (QED) is 0.294. The molecule has 0 aliphatic carbocycles. The Bertz CT molecular complexity index is 1320. The van der Waals surface area contributed by atoms with Crippen LogP contribution in [0.5, 0.6) is 5.75 Å². The van der Waals surface area contributed by atoms with Gasteiger partial charge in [-0.05, 0) is 42.0 Å². The van der Waals surface area contributed by atoms with Gasteiger partial charge >= 0.3 is 0 Å². The van der Waals surface area contributed by atoms with Crippen molar-refractivity contribution >= 4 is 50.3 Å². The van der Waals surface area contributed by atoms with E-state index in [-0.39, 0.29) is 17.0 Å². The normalized spacial score (nSPS) is 10.9. The number of nitrogens with one attached hydrogen (secondary N) is 1. The number of aromatic hydroxyl groups is 1. The zero-order valence-electron chi connectivity index (χ0n) is 15.8. The maximum atomic E-state index is 12.8. The van der Waals surface area contributed by atoms with Gasteiger partial charge in [0.05, 0.1) is 17.8 Å². The molecule has 3 aromatic carbocycles. The van der Waals surface area contributed by atoms with Gasteiger partial charge in [0.15, 0.2) is 10.8 Å². The van der Waals surface area contributed by atoms with Crippen molar-refractivity contribution in [3.8, 4) is 5.75 Å². The third-order valence-corrected chi connectivity index (χ3v) is 5.25. The van der Waals surface area contributed by atoms with Crippen molar-refractivity contribution in [3.05, 3.63) is 83.3 Å². The lowest BCUT2D eigenvalue weighted by Gasteiger charge is -2.11. The molecule has 1 amide bonds. The van der Waals surface area contributed by atoms with Crippen LogP contribution in [0.1, 0.15) is 16.1 Å². The number of anilines is 1. The molecule has 1 heterocycles. The highest BCUT2D eigenvalue weighted by Crippen LogP contribution is 2.42. The first-order valence-electron chi connectivity index (χ1n) is 8.95. The number of hydrogen-bond acceptors (Lipinski definition) is 6. The van der Waals surface area contributed by atoms with Gasteiger partial charge in [0, 0.05) is 11.1 Å². The first-order valence-corrected chi connectivity index (χ1v) is 9.72. The summed E-state index contributed by atoms with van der Waals surface area (Å²) in [4.78, 5) is 16.3. The highest BCUT2D eigenvalue weighted by Gasteiger charge is 2.19. The van der Waals surface area contributed by atoms with E-state index in [1.807, 2.05) is 36.4 Å². The lowest BCUT2D eigenvalue weighted by molar-refractivity contribution is 0.102. The molecule has 2 N–H and O–H groups in total. The first kappa shape index (κ1) is 19.2. The molecule has 1 aromatic heterocycles. The number of benzene rings is 3. The monoisotopic (exact) mass is 413 g/mol. The van der Waals surface area contributed by atoms with Crippen LogP contribution in [-0.2, 0) is 0 Å². The van der Waals surface area contributed by atoms with Crippen molar-refractivity contribution in [1.29, 1.82) is 0 Å². The van der Waals surface area contributed by atoms with Gasteiger partial charge in [-0.3, -0.25) is 4.79 Å². The molecule has 0 radical (unpaired) electrons. The SMILES string of the molecule is [C-]#[N+]c1c(C)nsc1/N=N/c1c(O)c(C(=O)Nc2ccccc2)cc2ccccc12. The fourth-order valence-corrected chi connectivity index (χ4v) is 3.62. The van der Waals surface area contributed by atoms with E-state index in [1.54, 1.807) is 31.2 Å². The van der Waals surface area contributed by atoms with Crippen molar-refractivity contribution in [2.75, 3.05) is 5.32 Å². The molecule has 0 atom stereocenters. The zero-order chi connectivity index (χ0) is 21.1. The van der Waals surface area contributed by atoms with Crippen LogP contribution in [0.3, 0.4) is 0 Å². The largest absolute Gasteiger partial charge is 0.505 e. The average Bonchev–Trinajstić information content (AvgIpc) is 3.12. The minimum Gasteiger partial charge on any atom is -0.505 e. The van der Waals surface area contributed by atoms with E-state index in [4.69, 9.17) is 6.57 Å². The van der Waals surface area contributed by atoms with Crippen LogP contribution in [0, 0.1) is 13.5 Å². The van der Waals surface area contributed by atoms with Gasteiger partial charge in [-0.2, -0.15) is 0 Å². The van der Waals surface area contributed by atoms with Crippen LogP contribution in [0.25, 0.3) is 15.6 Å². The fourth-order valence-electron chi connectivity index (χ4n) is 2.95. The summed E-state index contributed by atoms with van der Waals surface area (Å²) >= 11 is 1.06. The summed E-state index contributed by atoms with van der Waals surface area (Å²) in [5.74, 6) is -0.743. The molecule has 30 heavy (non-hydrogen) atoms. The molecule has 146 valence electrons. The van der Waals surface area contributed by atoms with Crippen molar-refractivity contribution in [2.24, 2.45) is 10.2 Å². The number of azo groups is 1. The van der Waals surface area contributed by atoms with Crippen LogP contribution in [0.15, 0.2) is 70.9 Å². The Labute approximate surface area is 176 Å². The summed E-state index contributed by atoms with van der Waals surface area (Å²) in [6.07, 6.45) is 0. The average molecular weight is 413 g/mol. The zero-order valence-corrected chi connectivity index (χ0v) is 16.6. The number of rotatable bonds is 4. The summed E-state index contributed by atoms with van der Waals surface area (Å²) in [5, 5.41) is 23.7. The molecule has 0 aliphatic heterocycles. The first-order chi connectivity index (χ1) is 14.6. The van der Waals surface area contributed by atoms with Crippen LogP contribution >= 0.6 is 11.5 Å². The molecule has 0 unspecified atom stereocenters. The molecule has 7 nitrogen and oxygen atoms in total. The van der Waals surface area contributed by atoms with E-state index in [2.05, 4.69) is 24.8 Å². The van der Waals surface area contributed by atoms with Gasteiger partial charge in [-0.1, -0.05) is 42.5 Å². The number of aryl methyl sites for hydroxylation is 1. The Morgan fingerprint density at radius 3 is 2.63 bits per heavy atom. The van der Waals surface area contributed by atoms with E-state index in [0.29, 0.717) is 27.5 Å².